The molecule has 1 amide bonds. The van der Waals surface area contributed by atoms with Crippen LogP contribution in [-0.2, 0) is 4.79 Å². The Kier molecular flexibility index (Phi) is 17.0. The van der Waals surface area contributed by atoms with Crippen molar-refractivity contribution in [3.63, 3.8) is 0 Å². The summed E-state index contributed by atoms with van der Waals surface area (Å²) in [4.78, 5) is 11.9. The van der Waals surface area contributed by atoms with Crippen molar-refractivity contribution in [2.24, 2.45) is 0 Å². The molecule has 0 saturated heterocycles. The molecule has 0 aliphatic heterocycles. The second-order valence-electron chi connectivity index (χ2n) is 6.85. The average molecular weight is 324 g/mol. The van der Waals surface area contributed by atoms with Gasteiger partial charge < -0.3 is 5.32 Å². The van der Waals surface area contributed by atoms with Gasteiger partial charge in [-0.05, 0) is 19.3 Å². The van der Waals surface area contributed by atoms with Crippen LogP contribution in [0, 0.1) is 0 Å². The van der Waals surface area contributed by atoms with Gasteiger partial charge in [-0.15, -0.1) is 0 Å². The van der Waals surface area contributed by atoms with Gasteiger partial charge in [-0.3, -0.25) is 4.79 Å². The van der Waals surface area contributed by atoms with Gasteiger partial charge in [0.15, 0.2) is 0 Å². The Morgan fingerprint density at radius 1 is 0.696 bits per heavy atom. The van der Waals surface area contributed by atoms with Crippen molar-refractivity contribution in [1.29, 1.82) is 0 Å². The lowest BCUT2D eigenvalue weighted by Gasteiger charge is -2.08. The Balaban J connectivity index is 3.37. The van der Waals surface area contributed by atoms with Crippen LogP contribution in [0.1, 0.15) is 110 Å². The topological polar surface area (TPSA) is 29.1 Å². The van der Waals surface area contributed by atoms with E-state index in [-0.39, 0.29) is 5.91 Å². The molecule has 0 saturated carbocycles. The van der Waals surface area contributed by atoms with Gasteiger partial charge in [-0.2, -0.15) is 0 Å². The van der Waals surface area contributed by atoms with Gasteiger partial charge >= 0.3 is 0 Å². The Bertz CT molecular complexity index is 286. The maximum Gasteiger partial charge on any atom is 0.246 e. The van der Waals surface area contributed by atoms with Crippen LogP contribution in [0.15, 0.2) is 12.2 Å². The zero-order chi connectivity index (χ0) is 17.2. The fourth-order valence-corrected chi connectivity index (χ4v) is 2.82. The van der Waals surface area contributed by atoms with Crippen LogP contribution >= 0.6 is 0 Å². The minimum Gasteiger partial charge on any atom is -0.352 e. The van der Waals surface area contributed by atoms with E-state index in [1.165, 1.54) is 77.0 Å². The molecule has 0 aromatic heterocycles. The summed E-state index contributed by atoms with van der Waals surface area (Å²) in [5, 5.41) is 3.01. The molecule has 0 rings (SSSR count). The lowest BCUT2D eigenvalue weighted by atomic mass is 10.0. The molecule has 0 aromatic carbocycles. The molecule has 0 radical (unpaired) electrons. The summed E-state index contributed by atoms with van der Waals surface area (Å²) < 4.78 is 0. The maximum absolute atomic E-state index is 11.9. The highest BCUT2D eigenvalue weighted by molar-refractivity contribution is 5.92. The number of carbonyl (C=O) groups excluding carboxylic acids is 1. The van der Waals surface area contributed by atoms with Crippen molar-refractivity contribution in [2.45, 2.75) is 110 Å². The van der Waals surface area contributed by atoms with E-state index in [0.717, 1.165) is 31.4 Å². The molecule has 2 heteroatoms. The normalized spacial score (nSPS) is 10.7. The van der Waals surface area contributed by atoms with Crippen molar-refractivity contribution < 1.29 is 4.79 Å². The molecular formula is C21H41NO. The molecule has 0 heterocycles. The van der Waals surface area contributed by atoms with E-state index >= 15 is 0 Å². The van der Waals surface area contributed by atoms with Crippen molar-refractivity contribution in [3.8, 4) is 0 Å². The van der Waals surface area contributed by atoms with Gasteiger partial charge in [-0.25, -0.2) is 0 Å². The summed E-state index contributed by atoms with van der Waals surface area (Å²) in [5.41, 5.74) is 0.766. The first-order chi connectivity index (χ1) is 11.2. The predicted molar refractivity (Wildman–Crippen MR) is 103 cm³/mol. The molecule has 0 fully saturated rings. The molecule has 0 aliphatic carbocycles. The molecule has 1 N–H and O–H groups in total. The molecule has 0 spiro atoms. The van der Waals surface area contributed by atoms with Crippen molar-refractivity contribution >= 4 is 5.91 Å². The number of unbranched alkanes of at least 4 members (excludes halogenated alkanes) is 12. The van der Waals surface area contributed by atoms with Crippen LogP contribution in [0.3, 0.4) is 0 Å². The van der Waals surface area contributed by atoms with Crippen molar-refractivity contribution in [1.82, 2.24) is 5.32 Å². The molecule has 0 atom stereocenters. The standard InChI is InChI=1S/C21H41NO/c1-4-6-8-10-12-13-14-16-18-20(3)21(23)22-19-17-15-11-9-7-5-2/h3-19H2,1-2H3,(H,22,23). The minimum atomic E-state index is 0.0708. The van der Waals surface area contributed by atoms with E-state index in [4.69, 9.17) is 0 Å². The van der Waals surface area contributed by atoms with E-state index in [0.29, 0.717) is 0 Å². The quantitative estimate of drug-likeness (QED) is 0.239. The molecule has 0 aliphatic rings. The van der Waals surface area contributed by atoms with Crippen LogP contribution in [0.25, 0.3) is 0 Å². The zero-order valence-corrected chi connectivity index (χ0v) is 15.9. The SMILES string of the molecule is C=C(CCCCCCCCCC)C(=O)NCCCCCCCC. The summed E-state index contributed by atoms with van der Waals surface area (Å²) in [6.07, 6.45) is 18.8. The fraction of sp³-hybridized carbons (Fsp3) is 0.857. The highest BCUT2D eigenvalue weighted by Crippen LogP contribution is 2.12. The third-order valence-electron chi connectivity index (χ3n) is 4.47. The van der Waals surface area contributed by atoms with Crippen LogP contribution in [0.5, 0.6) is 0 Å². The predicted octanol–water partition coefficient (Wildman–Crippen LogP) is 6.55. The second kappa shape index (κ2) is 17.6. The minimum absolute atomic E-state index is 0.0708. The molecule has 23 heavy (non-hydrogen) atoms. The van der Waals surface area contributed by atoms with Crippen molar-refractivity contribution in [3.05, 3.63) is 12.2 Å². The summed E-state index contributed by atoms with van der Waals surface area (Å²) in [7, 11) is 0. The van der Waals surface area contributed by atoms with Crippen LogP contribution in [0.4, 0.5) is 0 Å². The zero-order valence-electron chi connectivity index (χ0n) is 15.9. The molecule has 0 bridgehead atoms. The number of amides is 1. The van der Waals surface area contributed by atoms with Gasteiger partial charge in [0.2, 0.25) is 5.91 Å². The Labute approximate surface area is 145 Å². The first-order valence-corrected chi connectivity index (χ1v) is 10.2. The second-order valence-corrected chi connectivity index (χ2v) is 6.85. The number of rotatable bonds is 17. The fourth-order valence-electron chi connectivity index (χ4n) is 2.82. The van der Waals surface area contributed by atoms with Gasteiger partial charge in [0.05, 0.1) is 0 Å². The Morgan fingerprint density at radius 2 is 1.13 bits per heavy atom. The largest absolute Gasteiger partial charge is 0.352 e. The highest BCUT2D eigenvalue weighted by atomic mass is 16.1. The molecular weight excluding hydrogens is 282 g/mol. The van der Waals surface area contributed by atoms with Crippen LogP contribution < -0.4 is 5.32 Å². The summed E-state index contributed by atoms with van der Waals surface area (Å²) in [6, 6.07) is 0. The van der Waals surface area contributed by atoms with E-state index in [1.807, 2.05) is 0 Å². The Morgan fingerprint density at radius 3 is 1.65 bits per heavy atom. The molecule has 0 unspecified atom stereocenters. The van der Waals surface area contributed by atoms with Gasteiger partial charge in [0.25, 0.3) is 0 Å². The molecule has 2 nitrogen and oxygen atoms in total. The van der Waals surface area contributed by atoms with Gasteiger partial charge in [0, 0.05) is 12.1 Å². The van der Waals surface area contributed by atoms with Crippen LogP contribution in [0.2, 0.25) is 0 Å². The monoisotopic (exact) mass is 323 g/mol. The lowest BCUT2D eigenvalue weighted by Crippen LogP contribution is -2.25. The Hall–Kier alpha value is -0.790. The summed E-state index contributed by atoms with van der Waals surface area (Å²) in [6.45, 7) is 9.23. The smallest absolute Gasteiger partial charge is 0.246 e. The first-order valence-electron chi connectivity index (χ1n) is 10.2. The van der Waals surface area contributed by atoms with Gasteiger partial charge in [-0.1, -0.05) is 97.5 Å². The summed E-state index contributed by atoms with van der Waals surface area (Å²) >= 11 is 0. The first kappa shape index (κ1) is 22.2. The van der Waals surface area contributed by atoms with Crippen molar-refractivity contribution in [2.75, 3.05) is 6.54 Å². The molecule has 0 aromatic rings. The van der Waals surface area contributed by atoms with E-state index in [2.05, 4.69) is 25.7 Å². The maximum atomic E-state index is 11.9. The van der Waals surface area contributed by atoms with Gasteiger partial charge in [0.1, 0.15) is 0 Å². The number of carbonyl (C=O) groups is 1. The number of hydrogen-bond acceptors (Lipinski definition) is 1. The third kappa shape index (κ3) is 15.9. The number of nitrogens with one attached hydrogen (secondary N) is 1. The summed E-state index contributed by atoms with van der Waals surface area (Å²) in [5.74, 6) is 0.0708. The van der Waals surface area contributed by atoms with Crippen LogP contribution in [-0.4, -0.2) is 12.5 Å². The van der Waals surface area contributed by atoms with E-state index < -0.39 is 0 Å². The lowest BCUT2D eigenvalue weighted by molar-refractivity contribution is -0.117. The highest BCUT2D eigenvalue weighted by Gasteiger charge is 2.05. The van der Waals surface area contributed by atoms with E-state index in [1.54, 1.807) is 0 Å². The average Bonchev–Trinajstić information content (AvgIpc) is 2.56. The third-order valence-corrected chi connectivity index (χ3v) is 4.47. The van der Waals surface area contributed by atoms with E-state index in [9.17, 15) is 4.79 Å². The molecule has 136 valence electrons. The number of hydrogen-bond donors (Lipinski definition) is 1.